The maximum absolute atomic E-state index is 11.8. The summed E-state index contributed by atoms with van der Waals surface area (Å²) in [5, 5.41) is 8.44. The highest BCUT2D eigenvalue weighted by Crippen LogP contribution is 2.10. The van der Waals surface area contributed by atoms with Gasteiger partial charge in [-0.1, -0.05) is 0 Å². The number of carbonyl (C=O) groups is 1. The first-order valence-corrected chi connectivity index (χ1v) is 4.85. The van der Waals surface area contributed by atoms with Crippen LogP contribution >= 0.6 is 0 Å². The summed E-state index contributed by atoms with van der Waals surface area (Å²) in [7, 11) is 1.71. The molecule has 0 saturated heterocycles. The molecule has 0 aliphatic carbocycles. The summed E-state index contributed by atoms with van der Waals surface area (Å²) in [6.07, 6.45) is 1.63. The molecule has 0 spiro atoms. The van der Waals surface area contributed by atoms with Crippen molar-refractivity contribution in [3.05, 3.63) is 40.4 Å². The Bertz CT molecular complexity index is 593. The van der Waals surface area contributed by atoms with Crippen LogP contribution in [0.4, 0.5) is 11.5 Å². The Balaban J connectivity index is 2.19. The number of nitrogens with two attached hydrogens (primary N) is 1. The van der Waals surface area contributed by atoms with E-state index in [0.717, 1.165) is 0 Å². The SMILES string of the molecule is Cn1cc(N)cc1C(=O)Nc1ccc(=O)[nH]n1. The summed E-state index contributed by atoms with van der Waals surface area (Å²) >= 11 is 0. The van der Waals surface area contributed by atoms with Crippen molar-refractivity contribution in [1.29, 1.82) is 0 Å². The average molecular weight is 233 g/mol. The number of nitrogens with zero attached hydrogens (tertiary/aromatic N) is 2. The number of hydrogen-bond acceptors (Lipinski definition) is 4. The summed E-state index contributed by atoms with van der Waals surface area (Å²) in [5.74, 6) is -0.0712. The van der Waals surface area contributed by atoms with Crippen molar-refractivity contribution in [2.24, 2.45) is 7.05 Å². The van der Waals surface area contributed by atoms with Crippen molar-refractivity contribution in [2.45, 2.75) is 0 Å². The average Bonchev–Trinajstić information content (AvgIpc) is 2.61. The fourth-order valence-electron chi connectivity index (χ4n) is 1.41. The van der Waals surface area contributed by atoms with Gasteiger partial charge in [0, 0.05) is 19.3 Å². The summed E-state index contributed by atoms with van der Waals surface area (Å²) in [6.45, 7) is 0. The number of anilines is 2. The van der Waals surface area contributed by atoms with Crippen LogP contribution in [-0.4, -0.2) is 20.7 Å². The normalized spacial score (nSPS) is 10.2. The summed E-state index contributed by atoms with van der Waals surface area (Å²) < 4.78 is 1.61. The molecule has 0 fully saturated rings. The Kier molecular flexibility index (Phi) is 2.65. The standard InChI is InChI=1S/C10H11N5O2/c1-15-5-6(11)4-7(15)10(17)12-8-2-3-9(16)14-13-8/h2-5H,11H2,1H3,(H,14,16)(H,12,13,17). The van der Waals surface area contributed by atoms with Crippen LogP contribution in [0.2, 0.25) is 0 Å². The molecule has 0 atom stereocenters. The zero-order chi connectivity index (χ0) is 12.4. The molecule has 1 amide bonds. The van der Waals surface area contributed by atoms with Crippen LogP contribution in [0.5, 0.6) is 0 Å². The predicted octanol–water partition coefficient (Wildman–Crippen LogP) is -0.0571. The minimum absolute atomic E-state index is 0.273. The van der Waals surface area contributed by atoms with Crippen LogP contribution < -0.4 is 16.6 Å². The van der Waals surface area contributed by atoms with Crippen LogP contribution in [0.1, 0.15) is 10.5 Å². The molecule has 0 aliphatic heterocycles. The largest absolute Gasteiger partial charge is 0.397 e. The van der Waals surface area contributed by atoms with Gasteiger partial charge in [0.2, 0.25) is 0 Å². The van der Waals surface area contributed by atoms with Gasteiger partial charge in [-0.2, -0.15) is 5.10 Å². The first-order valence-electron chi connectivity index (χ1n) is 4.85. The van der Waals surface area contributed by atoms with Gasteiger partial charge >= 0.3 is 0 Å². The molecule has 7 nitrogen and oxygen atoms in total. The molecular weight excluding hydrogens is 222 g/mol. The highest BCUT2D eigenvalue weighted by atomic mass is 16.2. The van der Waals surface area contributed by atoms with E-state index < -0.39 is 0 Å². The maximum atomic E-state index is 11.8. The van der Waals surface area contributed by atoms with Crippen LogP contribution in [-0.2, 0) is 7.05 Å². The predicted molar refractivity (Wildman–Crippen MR) is 62.6 cm³/mol. The van der Waals surface area contributed by atoms with Crippen LogP contribution in [0, 0.1) is 0 Å². The summed E-state index contributed by atoms with van der Waals surface area (Å²) in [5.41, 5.74) is 6.16. The second kappa shape index (κ2) is 4.12. The molecule has 88 valence electrons. The lowest BCUT2D eigenvalue weighted by atomic mass is 10.4. The molecule has 4 N–H and O–H groups in total. The Labute approximate surface area is 96.3 Å². The van der Waals surface area contributed by atoms with Gasteiger partial charge in [-0.15, -0.1) is 0 Å². The first-order chi connectivity index (χ1) is 8.06. The van der Waals surface area contributed by atoms with Crippen molar-refractivity contribution in [3.63, 3.8) is 0 Å². The Morgan fingerprint density at radius 3 is 2.82 bits per heavy atom. The molecule has 2 aromatic heterocycles. The summed E-state index contributed by atoms with van der Waals surface area (Å²) in [6, 6.07) is 4.26. The van der Waals surface area contributed by atoms with Crippen molar-refractivity contribution in [3.8, 4) is 0 Å². The van der Waals surface area contributed by atoms with E-state index in [0.29, 0.717) is 11.4 Å². The number of rotatable bonds is 2. The molecule has 0 bridgehead atoms. The number of aromatic amines is 1. The van der Waals surface area contributed by atoms with Gasteiger partial charge in [0.05, 0.1) is 5.69 Å². The lowest BCUT2D eigenvalue weighted by Gasteiger charge is -2.03. The number of aryl methyl sites for hydroxylation is 1. The molecule has 2 aromatic rings. The molecule has 7 heteroatoms. The van der Waals surface area contributed by atoms with Gasteiger partial charge in [-0.05, 0) is 12.1 Å². The minimum atomic E-state index is -0.344. The number of carbonyl (C=O) groups excluding carboxylic acids is 1. The number of aromatic nitrogens is 3. The molecule has 0 aliphatic rings. The topological polar surface area (TPSA) is 106 Å². The third-order valence-electron chi connectivity index (χ3n) is 2.18. The molecule has 17 heavy (non-hydrogen) atoms. The Morgan fingerprint density at radius 1 is 1.53 bits per heavy atom. The van der Waals surface area contributed by atoms with E-state index >= 15 is 0 Å². The van der Waals surface area contributed by atoms with Crippen LogP contribution in [0.25, 0.3) is 0 Å². The number of amides is 1. The second-order valence-corrected chi connectivity index (χ2v) is 3.53. The minimum Gasteiger partial charge on any atom is -0.397 e. The number of H-pyrrole nitrogens is 1. The quantitative estimate of drug-likeness (QED) is 0.675. The van der Waals surface area contributed by atoms with Gasteiger partial charge in [-0.25, -0.2) is 5.10 Å². The van der Waals surface area contributed by atoms with Gasteiger partial charge < -0.3 is 15.6 Å². The molecule has 0 aromatic carbocycles. The van der Waals surface area contributed by atoms with Crippen LogP contribution in [0.3, 0.4) is 0 Å². The van der Waals surface area contributed by atoms with Crippen molar-refractivity contribution in [2.75, 3.05) is 11.1 Å². The second-order valence-electron chi connectivity index (χ2n) is 3.53. The maximum Gasteiger partial charge on any atom is 0.273 e. The summed E-state index contributed by atoms with van der Waals surface area (Å²) in [4.78, 5) is 22.6. The van der Waals surface area contributed by atoms with Crippen molar-refractivity contribution in [1.82, 2.24) is 14.8 Å². The van der Waals surface area contributed by atoms with E-state index in [1.165, 1.54) is 12.1 Å². The highest BCUT2D eigenvalue weighted by Gasteiger charge is 2.11. The monoisotopic (exact) mass is 233 g/mol. The number of hydrogen-bond donors (Lipinski definition) is 3. The first kappa shape index (κ1) is 10.9. The number of nitrogen functional groups attached to an aromatic ring is 1. The van der Waals surface area contributed by atoms with Gasteiger partial charge in [0.1, 0.15) is 5.69 Å². The molecule has 0 radical (unpaired) electrons. The van der Waals surface area contributed by atoms with Gasteiger partial charge in [0.25, 0.3) is 11.5 Å². The van der Waals surface area contributed by atoms with E-state index in [4.69, 9.17) is 5.73 Å². The molecule has 2 heterocycles. The van der Waals surface area contributed by atoms with Gasteiger partial charge in [-0.3, -0.25) is 9.59 Å². The molecule has 2 rings (SSSR count). The highest BCUT2D eigenvalue weighted by molar-refractivity contribution is 6.03. The zero-order valence-corrected chi connectivity index (χ0v) is 9.10. The van der Waals surface area contributed by atoms with Gasteiger partial charge in [0.15, 0.2) is 5.82 Å². The third-order valence-corrected chi connectivity index (χ3v) is 2.18. The molecule has 0 unspecified atom stereocenters. The number of nitrogens with one attached hydrogen (secondary N) is 2. The zero-order valence-electron chi connectivity index (χ0n) is 9.10. The van der Waals surface area contributed by atoms with E-state index in [1.807, 2.05) is 0 Å². The fraction of sp³-hybridized carbons (Fsp3) is 0.100. The lowest BCUT2D eigenvalue weighted by molar-refractivity contribution is 0.101. The lowest BCUT2D eigenvalue weighted by Crippen LogP contribution is -2.17. The van der Waals surface area contributed by atoms with E-state index in [2.05, 4.69) is 15.5 Å². The van der Waals surface area contributed by atoms with Crippen LogP contribution in [0.15, 0.2) is 29.2 Å². The van der Waals surface area contributed by atoms with Crippen molar-refractivity contribution < 1.29 is 4.79 Å². The smallest absolute Gasteiger partial charge is 0.273 e. The fourth-order valence-corrected chi connectivity index (χ4v) is 1.41. The van der Waals surface area contributed by atoms with E-state index in [1.54, 1.807) is 23.9 Å². The molecule has 0 saturated carbocycles. The Hall–Kier alpha value is -2.57. The van der Waals surface area contributed by atoms with Crippen molar-refractivity contribution >= 4 is 17.4 Å². The Morgan fingerprint density at radius 2 is 2.29 bits per heavy atom. The van der Waals surface area contributed by atoms with E-state index in [9.17, 15) is 9.59 Å². The van der Waals surface area contributed by atoms with E-state index in [-0.39, 0.29) is 17.3 Å². The third kappa shape index (κ3) is 2.33. The molecular formula is C10H11N5O2.